The molecule has 0 saturated carbocycles. The first-order chi connectivity index (χ1) is 24.0. The van der Waals surface area contributed by atoms with E-state index in [0.717, 1.165) is 57.8 Å². The second-order valence-corrected chi connectivity index (χ2v) is 14.7. The van der Waals surface area contributed by atoms with Crippen molar-refractivity contribution in [2.45, 2.75) is 244 Å². The summed E-state index contributed by atoms with van der Waals surface area (Å²) in [5.74, 6) is -0.480. The average Bonchev–Trinajstić information content (AvgIpc) is 3.09. The van der Waals surface area contributed by atoms with Gasteiger partial charge in [0.25, 0.3) is 0 Å². The lowest BCUT2D eigenvalue weighted by atomic mass is 10.0. The summed E-state index contributed by atoms with van der Waals surface area (Å²) in [6.45, 7) is 6.41. The van der Waals surface area contributed by atoms with Crippen LogP contribution in [0.25, 0.3) is 0 Å². The number of aliphatic hydroxyl groups is 2. The molecule has 0 spiro atoms. The minimum atomic E-state index is -0.779. The summed E-state index contributed by atoms with van der Waals surface area (Å²) < 4.78 is 5.87. The molecule has 0 aliphatic rings. The Morgan fingerprint density at radius 3 is 1.49 bits per heavy atom. The monoisotopic (exact) mass is 694 g/mol. The van der Waals surface area contributed by atoms with Gasteiger partial charge in [0.15, 0.2) is 0 Å². The quantitative estimate of drug-likeness (QED) is 0.0340. The highest BCUT2D eigenvalue weighted by Crippen LogP contribution is 2.17. The van der Waals surface area contributed by atoms with Gasteiger partial charge in [-0.1, -0.05) is 174 Å². The minimum Gasteiger partial charge on any atom is -0.462 e. The standard InChI is InChI=1S/C43H83NO5/c1-4-7-10-13-16-19-20-21-24-27-30-33-36-43(48)49-39(34-31-28-25-22-17-14-11-8-5-2)37-42(47)44-40(38-45)41(46)35-32-29-26-23-18-15-12-9-6-3/h16,19,39-41,45-46H,4-15,17-18,20-38H2,1-3H3,(H,44,47)/b19-16-. The first-order valence-corrected chi connectivity index (χ1v) is 21.4. The third kappa shape index (κ3) is 33.5. The number of allylic oxidation sites excluding steroid dienone is 2. The highest BCUT2D eigenvalue weighted by atomic mass is 16.5. The van der Waals surface area contributed by atoms with E-state index in [1.54, 1.807) is 0 Å². The summed E-state index contributed by atoms with van der Waals surface area (Å²) in [5.41, 5.74) is 0. The summed E-state index contributed by atoms with van der Waals surface area (Å²) >= 11 is 0. The molecule has 6 heteroatoms. The van der Waals surface area contributed by atoms with Gasteiger partial charge in [0.2, 0.25) is 5.91 Å². The fourth-order valence-corrected chi connectivity index (χ4v) is 6.54. The fourth-order valence-electron chi connectivity index (χ4n) is 6.54. The summed E-state index contributed by atoms with van der Waals surface area (Å²) in [7, 11) is 0. The van der Waals surface area contributed by atoms with Gasteiger partial charge >= 0.3 is 5.97 Å². The van der Waals surface area contributed by atoms with Gasteiger partial charge in [-0.05, 0) is 51.4 Å². The summed E-state index contributed by atoms with van der Waals surface area (Å²) in [4.78, 5) is 25.8. The molecule has 1 amide bonds. The van der Waals surface area contributed by atoms with E-state index in [0.29, 0.717) is 19.3 Å². The minimum absolute atomic E-state index is 0.0793. The Morgan fingerprint density at radius 2 is 0.980 bits per heavy atom. The average molecular weight is 694 g/mol. The molecule has 0 aromatic carbocycles. The summed E-state index contributed by atoms with van der Waals surface area (Å²) in [5, 5.41) is 23.5. The van der Waals surface area contributed by atoms with Crippen LogP contribution in [-0.2, 0) is 14.3 Å². The lowest BCUT2D eigenvalue weighted by Gasteiger charge is -2.24. The Morgan fingerprint density at radius 1 is 0.571 bits per heavy atom. The summed E-state index contributed by atoms with van der Waals surface area (Å²) in [6, 6.07) is -0.692. The number of amides is 1. The molecular formula is C43H83NO5. The highest BCUT2D eigenvalue weighted by Gasteiger charge is 2.24. The molecule has 49 heavy (non-hydrogen) atoms. The zero-order valence-corrected chi connectivity index (χ0v) is 32.8. The number of carbonyl (C=O) groups is 2. The van der Waals surface area contributed by atoms with E-state index in [9.17, 15) is 19.8 Å². The van der Waals surface area contributed by atoms with E-state index in [1.165, 1.54) is 122 Å². The summed E-state index contributed by atoms with van der Waals surface area (Å²) in [6.07, 6.45) is 38.4. The van der Waals surface area contributed by atoms with Crippen molar-refractivity contribution in [3.05, 3.63) is 12.2 Å². The van der Waals surface area contributed by atoms with Crippen LogP contribution in [0.4, 0.5) is 0 Å². The van der Waals surface area contributed by atoms with Crippen molar-refractivity contribution in [3.63, 3.8) is 0 Å². The Bertz CT molecular complexity index is 742. The second kappa shape index (κ2) is 37.8. The predicted molar refractivity (Wildman–Crippen MR) is 209 cm³/mol. The van der Waals surface area contributed by atoms with Gasteiger partial charge in [-0.3, -0.25) is 9.59 Å². The molecule has 0 rings (SSSR count). The van der Waals surface area contributed by atoms with E-state index >= 15 is 0 Å². The number of hydrogen-bond donors (Lipinski definition) is 3. The zero-order valence-electron chi connectivity index (χ0n) is 32.8. The van der Waals surface area contributed by atoms with Crippen LogP contribution in [0.1, 0.15) is 226 Å². The topological polar surface area (TPSA) is 95.9 Å². The molecular weight excluding hydrogens is 610 g/mol. The van der Waals surface area contributed by atoms with Gasteiger partial charge in [-0.15, -0.1) is 0 Å². The van der Waals surface area contributed by atoms with Crippen molar-refractivity contribution in [1.82, 2.24) is 5.32 Å². The van der Waals surface area contributed by atoms with Crippen molar-refractivity contribution >= 4 is 11.9 Å². The van der Waals surface area contributed by atoms with E-state index in [2.05, 4.69) is 38.2 Å². The number of hydrogen-bond acceptors (Lipinski definition) is 5. The zero-order chi connectivity index (χ0) is 36.0. The van der Waals surface area contributed by atoms with Crippen molar-refractivity contribution in [3.8, 4) is 0 Å². The smallest absolute Gasteiger partial charge is 0.306 e. The molecule has 0 aromatic heterocycles. The van der Waals surface area contributed by atoms with Gasteiger partial charge < -0.3 is 20.3 Å². The van der Waals surface area contributed by atoms with Crippen molar-refractivity contribution in [2.24, 2.45) is 0 Å². The number of nitrogens with one attached hydrogen (secondary N) is 1. The molecule has 0 saturated heterocycles. The van der Waals surface area contributed by atoms with Crippen LogP contribution >= 0.6 is 0 Å². The molecule has 0 aromatic rings. The van der Waals surface area contributed by atoms with Gasteiger partial charge in [0.05, 0.1) is 25.2 Å². The number of unbranched alkanes of at least 4 members (excludes halogenated alkanes) is 24. The molecule has 0 fully saturated rings. The molecule has 0 aliphatic carbocycles. The maximum atomic E-state index is 13.0. The molecule has 3 N–H and O–H groups in total. The number of ether oxygens (including phenoxy) is 1. The molecule has 290 valence electrons. The van der Waals surface area contributed by atoms with E-state index in [-0.39, 0.29) is 24.9 Å². The van der Waals surface area contributed by atoms with Crippen LogP contribution in [0.2, 0.25) is 0 Å². The fraction of sp³-hybridized carbons (Fsp3) is 0.907. The molecule has 0 aliphatic heterocycles. The maximum Gasteiger partial charge on any atom is 0.306 e. The van der Waals surface area contributed by atoms with Crippen LogP contribution in [-0.4, -0.2) is 46.9 Å². The lowest BCUT2D eigenvalue weighted by molar-refractivity contribution is -0.151. The van der Waals surface area contributed by atoms with E-state index < -0.39 is 18.2 Å². The van der Waals surface area contributed by atoms with Crippen LogP contribution < -0.4 is 5.32 Å². The molecule has 3 unspecified atom stereocenters. The predicted octanol–water partition coefficient (Wildman–Crippen LogP) is 11.8. The van der Waals surface area contributed by atoms with Gasteiger partial charge in [0.1, 0.15) is 6.10 Å². The van der Waals surface area contributed by atoms with Crippen molar-refractivity contribution in [1.29, 1.82) is 0 Å². The Balaban J connectivity index is 4.56. The van der Waals surface area contributed by atoms with Crippen molar-refractivity contribution in [2.75, 3.05) is 6.61 Å². The SMILES string of the molecule is CCCCC/C=C\CCCCCCCC(=O)OC(CCCCCCCCCCC)CC(=O)NC(CO)C(O)CCCCCCCCCCC. The van der Waals surface area contributed by atoms with E-state index in [1.807, 2.05) is 0 Å². The molecule has 0 bridgehead atoms. The first kappa shape index (κ1) is 47.6. The Hall–Kier alpha value is -1.40. The van der Waals surface area contributed by atoms with Crippen LogP contribution in [0.5, 0.6) is 0 Å². The Labute approximate surface area is 304 Å². The third-order valence-corrected chi connectivity index (χ3v) is 9.84. The van der Waals surface area contributed by atoms with Gasteiger partial charge in [-0.25, -0.2) is 0 Å². The van der Waals surface area contributed by atoms with Crippen LogP contribution in [0, 0.1) is 0 Å². The lowest BCUT2D eigenvalue weighted by Crippen LogP contribution is -2.46. The largest absolute Gasteiger partial charge is 0.462 e. The van der Waals surface area contributed by atoms with Crippen LogP contribution in [0.3, 0.4) is 0 Å². The number of aliphatic hydroxyl groups excluding tert-OH is 2. The van der Waals surface area contributed by atoms with Crippen molar-refractivity contribution < 1.29 is 24.5 Å². The second-order valence-electron chi connectivity index (χ2n) is 14.7. The molecule has 3 atom stereocenters. The highest BCUT2D eigenvalue weighted by molar-refractivity contribution is 5.77. The van der Waals surface area contributed by atoms with Gasteiger partial charge in [-0.2, -0.15) is 0 Å². The number of carbonyl (C=O) groups excluding carboxylic acids is 2. The van der Waals surface area contributed by atoms with Crippen LogP contribution in [0.15, 0.2) is 12.2 Å². The molecule has 6 nitrogen and oxygen atoms in total. The molecule has 0 radical (unpaired) electrons. The Kier molecular flexibility index (Phi) is 36.8. The molecule has 0 heterocycles. The maximum absolute atomic E-state index is 13.0. The van der Waals surface area contributed by atoms with E-state index in [4.69, 9.17) is 4.74 Å². The number of rotatable bonds is 38. The normalized spacial score (nSPS) is 13.5. The third-order valence-electron chi connectivity index (χ3n) is 9.84. The van der Waals surface area contributed by atoms with Gasteiger partial charge in [0, 0.05) is 6.42 Å². The first-order valence-electron chi connectivity index (χ1n) is 21.4. The number of esters is 1.